The largest absolute Gasteiger partial charge is 0.334 e. The number of nitrogens with one attached hydrogen (secondary N) is 1. The van der Waals surface area contributed by atoms with Gasteiger partial charge in [0.05, 0.1) is 23.5 Å². The van der Waals surface area contributed by atoms with Crippen LogP contribution in [0, 0.1) is 20.8 Å². The highest BCUT2D eigenvalue weighted by Gasteiger charge is 2.18. The SMILES string of the molecule is Cc1cc(C)n(Cc2ccc(C(=O)Nc3c(C)cccc3-c3nc(C(C)C)no3)cc2)n1. The molecule has 2 aromatic carbocycles. The van der Waals surface area contributed by atoms with Gasteiger partial charge in [-0.1, -0.05) is 43.3 Å². The Morgan fingerprint density at radius 2 is 1.84 bits per heavy atom. The normalized spacial score (nSPS) is 11.2. The first-order valence-corrected chi connectivity index (χ1v) is 10.7. The van der Waals surface area contributed by atoms with Gasteiger partial charge in [-0.2, -0.15) is 10.1 Å². The molecule has 164 valence electrons. The summed E-state index contributed by atoms with van der Waals surface area (Å²) in [7, 11) is 0. The lowest BCUT2D eigenvalue weighted by atomic mass is 10.1. The smallest absolute Gasteiger partial charge is 0.260 e. The van der Waals surface area contributed by atoms with E-state index in [-0.39, 0.29) is 11.8 Å². The van der Waals surface area contributed by atoms with Gasteiger partial charge in [-0.15, -0.1) is 0 Å². The first kappa shape index (κ1) is 21.5. The Bertz CT molecular complexity index is 1250. The predicted molar refractivity (Wildman–Crippen MR) is 124 cm³/mol. The molecule has 0 spiro atoms. The summed E-state index contributed by atoms with van der Waals surface area (Å²) in [5.41, 5.74) is 6.05. The van der Waals surface area contributed by atoms with Gasteiger partial charge in [-0.05, 0) is 56.2 Å². The number of carbonyl (C=O) groups is 1. The molecule has 0 aliphatic carbocycles. The third kappa shape index (κ3) is 4.46. The van der Waals surface area contributed by atoms with Crippen LogP contribution in [0.1, 0.15) is 58.5 Å². The van der Waals surface area contributed by atoms with E-state index in [4.69, 9.17) is 4.52 Å². The lowest BCUT2D eigenvalue weighted by Gasteiger charge is -2.12. The molecule has 1 amide bonds. The van der Waals surface area contributed by atoms with Crippen LogP contribution in [0.25, 0.3) is 11.5 Å². The average Bonchev–Trinajstić information content (AvgIpc) is 3.37. The molecule has 7 heteroatoms. The number of benzene rings is 2. The average molecular weight is 430 g/mol. The molecule has 2 aromatic heterocycles. The second-order valence-electron chi connectivity index (χ2n) is 8.35. The number of carbonyl (C=O) groups excluding carboxylic acids is 1. The lowest BCUT2D eigenvalue weighted by molar-refractivity contribution is 0.102. The predicted octanol–water partition coefficient (Wildman–Crippen LogP) is 5.28. The summed E-state index contributed by atoms with van der Waals surface area (Å²) in [6, 6.07) is 15.3. The molecular formula is C25H27N5O2. The minimum Gasteiger partial charge on any atom is -0.334 e. The van der Waals surface area contributed by atoms with E-state index in [1.165, 1.54) is 0 Å². The second-order valence-corrected chi connectivity index (χ2v) is 8.35. The number of nitrogens with zero attached hydrogens (tertiary/aromatic N) is 4. The van der Waals surface area contributed by atoms with Crippen LogP contribution in [0.3, 0.4) is 0 Å². The quantitative estimate of drug-likeness (QED) is 0.450. The molecule has 0 radical (unpaired) electrons. The van der Waals surface area contributed by atoms with E-state index < -0.39 is 0 Å². The Morgan fingerprint density at radius 1 is 1.09 bits per heavy atom. The maximum Gasteiger partial charge on any atom is 0.260 e. The number of hydrogen-bond donors (Lipinski definition) is 1. The number of hydrogen-bond acceptors (Lipinski definition) is 5. The van der Waals surface area contributed by atoms with Gasteiger partial charge in [0, 0.05) is 17.2 Å². The van der Waals surface area contributed by atoms with Crippen LogP contribution in [0.5, 0.6) is 0 Å². The third-order valence-electron chi connectivity index (χ3n) is 5.35. The molecule has 0 unspecified atom stereocenters. The van der Waals surface area contributed by atoms with Gasteiger partial charge >= 0.3 is 0 Å². The van der Waals surface area contributed by atoms with Crippen molar-refractivity contribution in [2.75, 3.05) is 5.32 Å². The topological polar surface area (TPSA) is 85.8 Å². The number of anilines is 1. The van der Waals surface area contributed by atoms with E-state index >= 15 is 0 Å². The van der Waals surface area contributed by atoms with Gasteiger partial charge in [0.15, 0.2) is 5.82 Å². The van der Waals surface area contributed by atoms with Crippen LogP contribution in [-0.4, -0.2) is 25.8 Å². The molecule has 2 heterocycles. The maximum absolute atomic E-state index is 13.0. The molecular weight excluding hydrogens is 402 g/mol. The summed E-state index contributed by atoms with van der Waals surface area (Å²) in [5, 5.41) is 11.6. The van der Waals surface area contributed by atoms with Gasteiger partial charge in [0.2, 0.25) is 0 Å². The minimum absolute atomic E-state index is 0.156. The number of amides is 1. The number of aromatic nitrogens is 4. The molecule has 4 rings (SSSR count). The van der Waals surface area contributed by atoms with Crippen LogP contribution in [0.4, 0.5) is 5.69 Å². The Morgan fingerprint density at radius 3 is 2.47 bits per heavy atom. The van der Waals surface area contributed by atoms with Crippen LogP contribution >= 0.6 is 0 Å². The molecule has 0 atom stereocenters. The molecule has 0 bridgehead atoms. The Labute approximate surface area is 187 Å². The molecule has 0 saturated carbocycles. The zero-order chi connectivity index (χ0) is 22.8. The number of rotatable bonds is 6. The number of aryl methyl sites for hydroxylation is 3. The standard InChI is InChI=1S/C25H27N5O2/c1-15(2)23-27-25(32-29-23)21-8-6-7-16(3)22(21)26-24(31)20-11-9-19(10-12-20)14-30-18(5)13-17(4)28-30/h6-13,15H,14H2,1-5H3,(H,26,31). The van der Waals surface area contributed by atoms with Crippen molar-refractivity contribution >= 4 is 11.6 Å². The van der Waals surface area contributed by atoms with Crippen molar-refractivity contribution in [1.29, 1.82) is 0 Å². The van der Waals surface area contributed by atoms with Crippen LogP contribution in [-0.2, 0) is 6.54 Å². The van der Waals surface area contributed by atoms with Crippen LogP contribution in [0.15, 0.2) is 53.1 Å². The summed E-state index contributed by atoms with van der Waals surface area (Å²) in [4.78, 5) is 17.5. The van der Waals surface area contributed by atoms with Crippen LogP contribution < -0.4 is 5.32 Å². The van der Waals surface area contributed by atoms with Crippen molar-refractivity contribution < 1.29 is 9.32 Å². The van der Waals surface area contributed by atoms with Crippen molar-refractivity contribution in [1.82, 2.24) is 19.9 Å². The zero-order valence-corrected chi connectivity index (χ0v) is 19.0. The van der Waals surface area contributed by atoms with Gasteiger partial charge < -0.3 is 9.84 Å². The monoisotopic (exact) mass is 429 g/mol. The van der Waals surface area contributed by atoms with Gasteiger partial charge in [0.1, 0.15) is 0 Å². The van der Waals surface area contributed by atoms with Crippen molar-refractivity contribution in [3.05, 3.63) is 82.4 Å². The molecule has 0 aliphatic heterocycles. The molecule has 0 aliphatic rings. The first-order valence-electron chi connectivity index (χ1n) is 10.7. The summed E-state index contributed by atoms with van der Waals surface area (Å²) in [5.74, 6) is 0.995. The lowest BCUT2D eigenvalue weighted by Crippen LogP contribution is -2.14. The summed E-state index contributed by atoms with van der Waals surface area (Å²) < 4.78 is 7.42. The van der Waals surface area contributed by atoms with Gasteiger partial charge in [-0.3, -0.25) is 9.48 Å². The minimum atomic E-state index is -0.193. The van der Waals surface area contributed by atoms with Crippen LogP contribution in [0.2, 0.25) is 0 Å². The van der Waals surface area contributed by atoms with E-state index in [1.807, 2.05) is 81.8 Å². The van der Waals surface area contributed by atoms with Gasteiger partial charge in [-0.25, -0.2) is 0 Å². The fraction of sp³-hybridized carbons (Fsp3) is 0.280. The zero-order valence-electron chi connectivity index (χ0n) is 19.0. The fourth-order valence-corrected chi connectivity index (χ4v) is 3.55. The fourth-order valence-electron chi connectivity index (χ4n) is 3.55. The molecule has 0 saturated heterocycles. The van der Waals surface area contributed by atoms with Crippen molar-refractivity contribution in [3.63, 3.8) is 0 Å². The molecule has 7 nitrogen and oxygen atoms in total. The van der Waals surface area contributed by atoms with Crippen molar-refractivity contribution in [2.24, 2.45) is 0 Å². The first-order chi connectivity index (χ1) is 15.3. The van der Waals surface area contributed by atoms with Gasteiger partial charge in [0.25, 0.3) is 11.8 Å². The van der Waals surface area contributed by atoms with Crippen molar-refractivity contribution in [3.8, 4) is 11.5 Å². The molecule has 0 fully saturated rings. The highest BCUT2D eigenvalue weighted by atomic mass is 16.5. The van der Waals surface area contributed by atoms with E-state index in [0.29, 0.717) is 35.1 Å². The summed E-state index contributed by atoms with van der Waals surface area (Å²) in [6.45, 7) is 10.6. The number of para-hydroxylation sites is 1. The molecule has 4 aromatic rings. The van der Waals surface area contributed by atoms with E-state index in [2.05, 4.69) is 26.6 Å². The van der Waals surface area contributed by atoms with Crippen molar-refractivity contribution in [2.45, 2.75) is 47.1 Å². The highest BCUT2D eigenvalue weighted by molar-refractivity contribution is 6.06. The third-order valence-corrected chi connectivity index (χ3v) is 5.35. The van der Waals surface area contributed by atoms with E-state index in [0.717, 1.165) is 22.5 Å². The highest BCUT2D eigenvalue weighted by Crippen LogP contribution is 2.31. The summed E-state index contributed by atoms with van der Waals surface area (Å²) in [6.07, 6.45) is 0. The molecule has 1 N–H and O–H groups in total. The Balaban J connectivity index is 1.54. The second kappa shape index (κ2) is 8.78. The Hall–Kier alpha value is -3.74. The Kier molecular flexibility index (Phi) is 5.90. The van der Waals surface area contributed by atoms with E-state index in [9.17, 15) is 4.79 Å². The molecule has 32 heavy (non-hydrogen) atoms. The van der Waals surface area contributed by atoms with E-state index in [1.54, 1.807) is 0 Å². The summed E-state index contributed by atoms with van der Waals surface area (Å²) >= 11 is 0. The maximum atomic E-state index is 13.0.